The van der Waals surface area contributed by atoms with Crippen LogP contribution < -0.4 is 5.32 Å². The largest absolute Gasteiger partial charge is 0.383 e. The molecule has 0 bridgehead atoms. The van der Waals surface area contributed by atoms with E-state index >= 15 is 0 Å². The zero-order valence-electron chi connectivity index (χ0n) is 10.2. The van der Waals surface area contributed by atoms with Gasteiger partial charge >= 0.3 is 0 Å². The van der Waals surface area contributed by atoms with Crippen LogP contribution in [-0.2, 0) is 11.2 Å². The standard InChI is InChI=1S/C12H18N2OS2/c1-9-10-4-8-17-11(10)3-6-14(9)12(16)13-5-7-15-2/h4,8-9H,3,5-7H2,1-2H3,(H,13,16). The van der Waals surface area contributed by atoms with Gasteiger partial charge in [-0.2, -0.15) is 0 Å². The highest BCUT2D eigenvalue weighted by molar-refractivity contribution is 7.80. The molecule has 1 aliphatic heterocycles. The Balaban J connectivity index is 1.97. The Hall–Kier alpha value is -0.650. The summed E-state index contributed by atoms with van der Waals surface area (Å²) in [7, 11) is 1.70. The number of rotatable bonds is 3. The van der Waals surface area contributed by atoms with Crippen molar-refractivity contribution < 1.29 is 4.74 Å². The van der Waals surface area contributed by atoms with Gasteiger partial charge in [0.15, 0.2) is 5.11 Å². The van der Waals surface area contributed by atoms with Crippen molar-refractivity contribution in [2.24, 2.45) is 0 Å². The van der Waals surface area contributed by atoms with Crippen LogP contribution in [-0.4, -0.2) is 36.8 Å². The second-order valence-corrected chi connectivity index (χ2v) is 5.53. The van der Waals surface area contributed by atoms with E-state index in [-0.39, 0.29) is 0 Å². The van der Waals surface area contributed by atoms with Crippen molar-refractivity contribution >= 4 is 28.7 Å². The lowest BCUT2D eigenvalue weighted by Crippen LogP contribution is -2.45. The van der Waals surface area contributed by atoms with Gasteiger partial charge in [-0.3, -0.25) is 0 Å². The number of thiophene rings is 1. The van der Waals surface area contributed by atoms with Crippen LogP contribution in [0.3, 0.4) is 0 Å². The number of methoxy groups -OCH3 is 1. The molecule has 1 aromatic rings. The Morgan fingerprint density at radius 3 is 3.29 bits per heavy atom. The minimum atomic E-state index is 0.382. The monoisotopic (exact) mass is 270 g/mol. The van der Waals surface area contributed by atoms with Crippen molar-refractivity contribution in [3.8, 4) is 0 Å². The summed E-state index contributed by atoms with van der Waals surface area (Å²) in [5.41, 5.74) is 1.43. The molecule has 1 unspecified atom stereocenters. The van der Waals surface area contributed by atoms with Gasteiger partial charge in [0, 0.05) is 25.1 Å². The van der Waals surface area contributed by atoms with Crippen LogP contribution in [0.4, 0.5) is 0 Å². The van der Waals surface area contributed by atoms with Gasteiger partial charge in [-0.15, -0.1) is 11.3 Å². The third-order valence-electron chi connectivity index (χ3n) is 3.12. The lowest BCUT2D eigenvalue weighted by molar-refractivity contribution is 0.202. The topological polar surface area (TPSA) is 24.5 Å². The van der Waals surface area contributed by atoms with Gasteiger partial charge in [0.25, 0.3) is 0 Å². The molecule has 1 aliphatic rings. The van der Waals surface area contributed by atoms with Gasteiger partial charge in [0.05, 0.1) is 12.6 Å². The van der Waals surface area contributed by atoms with E-state index in [4.69, 9.17) is 17.0 Å². The highest BCUT2D eigenvalue weighted by Gasteiger charge is 2.25. The number of thiocarbonyl (C=S) groups is 1. The first kappa shape index (κ1) is 12.8. The van der Waals surface area contributed by atoms with Crippen molar-refractivity contribution in [3.05, 3.63) is 21.9 Å². The van der Waals surface area contributed by atoms with E-state index in [1.807, 2.05) is 11.3 Å². The highest BCUT2D eigenvalue weighted by Crippen LogP contribution is 2.32. The van der Waals surface area contributed by atoms with Gasteiger partial charge < -0.3 is 15.0 Å². The first-order valence-electron chi connectivity index (χ1n) is 5.83. The second-order valence-electron chi connectivity index (χ2n) is 4.14. The third kappa shape index (κ3) is 2.78. The first-order chi connectivity index (χ1) is 8.24. The number of ether oxygens (including phenoxy) is 1. The molecule has 0 saturated carbocycles. The summed E-state index contributed by atoms with van der Waals surface area (Å²) in [6, 6.07) is 2.60. The van der Waals surface area contributed by atoms with Gasteiger partial charge in [0.2, 0.25) is 0 Å². The Bertz CT molecular complexity index is 392. The van der Waals surface area contributed by atoms with E-state index in [9.17, 15) is 0 Å². The molecule has 0 saturated heterocycles. The van der Waals surface area contributed by atoms with Crippen LogP contribution in [0.1, 0.15) is 23.4 Å². The average Bonchev–Trinajstić information content (AvgIpc) is 2.78. The molecule has 0 aliphatic carbocycles. The number of hydrogen-bond acceptors (Lipinski definition) is 3. The van der Waals surface area contributed by atoms with E-state index in [2.05, 4.69) is 28.6 Å². The highest BCUT2D eigenvalue weighted by atomic mass is 32.1. The molecule has 1 atom stereocenters. The van der Waals surface area contributed by atoms with E-state index < -0.39 is 0 Å². The summed E-state index contributed by atoms with van der Waals surface area (Å²) < 4.78 is 5.01. The van der Waals surface area contributed by atoms with Crippen molar-refractivity contribution in [3.63, 3.8) is 0 Å². The maximum absolute atomic E-state index is 5.43. The summed E-state index contributed by atoms with van der Waals surface area (Å²) in [4.78, 5) is 3.77. The summed E-state index contributed by atoms with van der Waals surface area (Å²) in [5.74, 6) is 0. The third-order valence-corrected chi connectivity index (χ3v) is 4.50. The summed E-state index contributed by atoms with van der Waals surface area (Å²) in [6.45, 7) is 4.68. The number of nitrogens with one attached hydrogen (secondary N) is 1. The average molecular weight is 270 g/mol. The fourth-order valence-electron chi connectivity index (χ4n) is 2.15. The predicted molar refractivity (Wildman–Crippen MR) is 75.6 cm³/mol. The molecule has 0 aromatic carbocycles. The molecule has 2 heterocycles. The van der Waals surface area contributed by atoms with Crippen LogP contribution in [0.25, 0.3) is 0 Å². The van der Waals surface area contributed by atoms with Crippen molar-refractivity contribution in [1.29, 1.82) is 0 Å². The number of hydrogen-bond donors (Lipinski definition) is 1. The maximum atomic E-state index is 5.43. The van der Waals surface area contributed by atoms with Gasteiger partial charge in [0.1, 0.15) is 0 Å². The molecule has 5 heteroatoms. The molecular weight excluding hydrogens is 252 g/mol. The van der Waals surface area contributed by atoms with Crippen molar-refractivity contribution in [2.75, 3.05) is 26.8 Å². The molecular formula is C12H18N2OS2. The van der Waals surface area contributed by atoms with Crippen LogP contribution in [0, 0.1) is 0 Å². The fraction of sp³-hybridized carbons (Fsp3) is 0.583. The summed E-state index contributed by atoms with van der Waals surface area (Å²) in [6.07, 6.45) is 1.10. The van der Waals surface area contributed by atoms with Gasteiger partial charge in [-0.05, 0) is 42.6 Å². The Morgan fingerprint density at radius 2 is 2.53 bits per heavy atom. The summed E-state index contributed by atoms with van der Waals surface area (Å²) >= 11 is 7.28. The predicted octanol–water partition coefficient (Wildman–Crippen LogP) is 2.19. The molecule has 3 nitrogen and oxygen atoms in total. The van der Waals surface area contributed by atoms with Gasteiger partial charge in [-0.1, -0.05) is 0 Å². The Labute approximate surface area is 112 Å². The molecule has 1 N–H and O–H groups in total. The molecule has 94 valence electrons. The SMILES string of the molecule is COCCNC(=S)N1CCc2sccc2C1C. The lowest BCUT2D eigenvalue weighted by atomic mass is 10.0. The smallest absolute Gasteiger partial charge is 0.169 e. The van der Waals surface area contributed by atoms with E-state index in [1.165, 1.54) is 10.4 Å². The lowest BCUT2D eigenvalue weighted by Gasteiger charge is -2.35. The van der Waals surface area contributed by atoms with E-state index in [0.717, 1.165) is 24.6 Å². The van der Waals surface area contributed by atoms with Crippen LogP contribution >= 0.6 is 23.6 Å². The number of fused-ring (bicyclic) bond motifs is 1. The molecule has 0 radical (unpaired) electrons. The van der Waals surface area contributed by atoms with Crippen molar-refractivity contribution in [1.82, 2.24) is 10.2 Å². The summed E-state index contributed by atoms with van der Waals surface area (Å²) in [5, 5.41) is 6.25. The van der Waals surface area contributed by atoms with Crippen LogP contribution in [0.2, 0.25) is 0 Å². The Morgan fingerprint density at radius 1 is 1.71 bits per heavy atom. The molecule has 17 heavy (non-hydrogen) atoms. The maximum Gasteiger partial charge on any atom is 0.169 e. The molecule has 2 rings (SSSR count). The minimum absolute atomic E-state index is 0.382. The number of nitrogens with zero attached hydrogens (tertiary/aromatic N) is 1. The molecule has 0 amide bonds. The molecule has 1 aromatic heterocycles. The fourth-order valence-corrected chi connectivity index (χ4v) is 3.46. The van der Waals surface area contributed by atoms with Crippen LogP contribution in [0.5, 0.6) is 0 Å². The minimum Gasteiger partial charge on any atom is -0.383 e. The molecule has 0 fully saturated rings. The van der Waals surface area contributed by atoms with E-state index in [1.54, 1.807) is 7.11 Å². The second kappa shape index (κ2) is 5.80. The normalized spacial score (nSPS) is 18.9. The van der Waals surface area contributed by atoms with Gasteiger partial charge in [-0.25, -0.2) is 0 Å². The first-order valence-corrected chi connectivity index (χ1v) is 7.12. The Kier molecular flexibility index (Phi) is 4.36. The van der Waals surface area contributed by atoms with Crippen LogP contribution in [0.15, 0.2) is 11.4 Å². The zero-order chi connectivity index (χ0) is 12.3. The quantitative estimate of drug-likeness (QED) is 0.672. The zero-order valence-corrected chi connectivity index (χ0v) is 11.9. The van der Waals surface area contributed by atoms with Crippen molar-refractivity contribution in [2.45, 2.75) is 19.4 Å². The molecule has 0 spiro atoms. The van der Waals surface area contributed by atoms with E-state index in [0.29, 0.717) is 12.6 Å².